The molecule has 1 amide bonds. The summed E-state index contributed by atoms with van der Waals surface area (Å²) in [6, 6.07) is 13.1. The molecule has 0 heterocycles. The van der Waals surface area contributed by atoms with E-state index in [0.717, 1.165) is 5.69 Å². The fourth-order valence-electron chi connectivity index (χ4n) is 1.73. The lowest BCUT2D eigenvalue weighted by molar-refractivity contribution is -0.119. The molecule has 0 fully saturated rings. The number of nitrogens with one attached hydrogen (secondary N) is 2. The largest absolute Gasteiger partial charge is 0.495 e. The van der Waals surface area contributed by atoms with Crippen molar-refractivity contribution < 1.29 is 13.9 Å². The third kappa shape index (κ3) is 4.59. The van der Waals surface area contributed by atoms with Crippen LogP contribution in [0.25, 0.3) is 0 Å². The molecule has 5 nitrogen and oxygen atoms in total. The number of nitrogens with zero attached hydrogens (tertiary/aromatic N) is 1. The predicted molar refractivity (Wildman–Crippen MR) is 83.6 cm³/mol. The number of ether oxygens (including phenoxy) is 1. The van der Waals surface area contributed by atoms with Gasteiger partial charge in [-0.15, -0.1) is 0 Å². The third-order valence-corrected chi connectivity index (χ3v) is 2.82. The maximum atomic E-state index is 12.7. The van der Waals surface area contributed by atoms with Crippen LogP contribution in [0.15, 0.2) is 53.6 Å². The number of methoxy groups -OCH3 is 1. The van der Waals surface area contributed by atoms with E-state index in [1.807, 2.05) is 18.2 Å². The van der Waals surface area contributed by atoms with Crippen molar-refractivity contribution in [3.05, 3.63) is 59.9 Å². The molecule has 2 rings (SSSR count). The Bertz CT molecular complexity index is 657. The summed E-state index contributed by atoms with van der Waals surface area (Å²) < 4.78 is 17.9. The molecule has 0 aromatic heterocycles. The predicted octanol–water partition coefficient (Wildman–Crippen LogP) is 2.40. The summed E-state index contributed by atoms with van der Waals surface area (Å²) in [5.41, 5.74) is 3.81. The van der Waals surface area contributed by atoms with Crippen molar-refractivity contribution in [1.82, 2.24) is 5.43 Å². The molecule has 0 aliphatic carbocycles. The van der Waals surface area contributed by atoms with E-state index >= 15 is 0 Å². The molecule has 0 bridgehead atoms. The van der Waals surface area contributed by atoms with Gasteiger partial charge in [0, 0.05) is 0 Å². The molecule has 0 spiro atoms. The average Bonchev–Trinajstić information content (AvgIpc) is 2.55. The maximum Gasteiger partial charge on any atom is 0.259 e. The number of benzene rings is 2. The summed E-state index contributed by atoms with van der Waals surface area (Å²) in [5.74, 6) is 0.0385. The summed E-state index contributed by atoms with van der Waals surface area (Å²) >= 11 is 0. The van der Waals surface area contributed by atoms with E-state index in [9.17, 15) is 9.18 Å². The van der Waals surface area contributed by atoms with Crippen LogP contribution in [0.4, 0.5) is 10.1 Å². The number of hydrogen-bond acceptors (Lipinski definition) is 4. The van der Waals surface area contributed by atoms with Gasteiger partial charge in [-0.25, -0.2) is 9.82 Å². The molecule has 2 aromatic rings. The van der Waals surface area contributed by atoms with Crippen LogP contribution in [0.1, 0.15) is 5.56 Å². The van der Waals surface area contributed by atoms with E-state index < -0.39 is 0 Å². The first-order chi connectivity index (χ1) is 10.7. The molecule has 2 N–H and O–H groups in total. The van der Waals surface area contributed by atoms with Gasteiger partial charge in [-0.3, -0.25) is 4.79 Å². The zero-order valence-corrected chi connectivity index (χ0v) is 12.0. The first-order valence-corrected chi connectivity index (χ1v) is 6.63. The quantitative estimate of drug-likeness (QED) is 0.636. The van der Waals surface area contributed by atoms with E-state index in [2.05, 4.69) is 15.8 Å². The Hall–Kier alpha value is -2.89. The molecule has 2 aromatic carbocycles. The van der Waals surface area contributed by atoms with Gasteiger partial charge < -0.3 is 10.1 Å². The average molecular weight is 301 g/mol. The highest BCUT2D eigenvalue weighted by molar-refractivity contribution is 5.84. The lowest BCUT2D eigenvalue weighted by atomic mass is 10.2. The van der Waals surface area contributed by atoms with Crippen LogP contribution >= 0.6 is 0 Å². The normalized spacial score (nSPS) is 10.5. The standard InChI is InChI=1S/C16H16FN3O2/c1-22-15-5-3-2-4-14(15)18-11-16(21)20-19-10-12-6-8-13(17)9-7-12/h2-10,18H,11H2,1H3,(H,20,21). The summed E-state index contributed by atoms with van der Waals surface area (Å²) in [7, 11) is 1.56. The maximum absolute atomic E-state index is 12.7. The Kier molecular flexibility index (Phi) is 5.48. The highest BCUT2D eigenvalue weighted by Gasteiger charge is 2.03. The molecule has 6 heteroatoms. The minimum Gasteiger partial charge on any atom is -0.495 e. The van der Waals surface area contributed by atoms with Gasteiger partial charge in [-0.05, 0) is 29.8 Å². The fourth-order valence-corrected chi connectivity index (χ4v) is 1.73. The highest BCUT2D eigenvalue weighted by atomic mass is 19.1. The van der Waals surface area contributed by atoms with Gasteiger partial charge in [0.15, 0.2) is 0 Å². The number of amides is 1. The van der Waals surface area contributed by atoms with Crippen molar-refractivity contribution in [3.8, 4) is 5.75 Å². The molecule has 114 valence electrons. The van der Waals surface area contributed by atoms with Crippen LogP contribution in [0.3, 0.4) is 0 Å². The van der Waals surface area contributed by atoms with Crippen molar-refractivity contribution in [2.24, 2.45) is 5.10 Å². The van der Waals surface area contributed by atoms with E-state index in [1.165, 1.54) is 18.3 Å². The highest BCUT2D eigenvalue weighted by Crippen LogP contribution is 2.22. The van der Waals surface area contributed by atoms with Gasteiger partial charge in [-0.1, -0.05) is 24.3 Å². The Morgan fingerprint density at radius 2 is 1.95 bits per heavy atom. The summed E-state index contributed by atoms with van der Waals surface area (Å²) in [6.45, 7) is 0.0567. The Morgan fingerprint density at radius 1 is 1.23 bits per heavy atom. The number of carbonyl (C=O) groups excluding carboxylic acids is 1. The second-order valence-electron chi connectivity index (χ2n) is 4.40. The molecular formula is C16H16FN3O2. The number of anilines is 1. The number of para-hydroxylation sites is 2. The molecule has 0 radical (unpaired) electrons. The molecule has 0 aliphatic heterocycles. The summed E-state index contributed by atoms with van der Waals surface area (Å²) in [4.78, 5) is 11.7. The van der Waals surface area contributed by atoms with Crippen LogP contribution in [-0.2, 0) is 4.79 Å². The molecule has 0 unspecified atom stereocenters. The third-order valence-electron chi connectivity index (χ3n) is 2.82. The zero-order valence-electron chi connectivity index (χ0n) is 12.0. The van der Waals surface area contributed by atoms with E-state index in [0.29, 0.717) is 11.3 Å². The van der Waals surface area contributed by atoms with Gasteiger partial charge >= 0.3 is 0 Å². The van der Waals surface area contributed by atoms with Gasteiger partial charge in [0.05, 0.1) is 25.6 Å². The number of hydrazone groups is 1. The van der Waals surface area contributed by atoms with Crippen LogP contribution in [-0.4, -0.2) is 25.8 Å². The Labute approximate surface area is 127 Å². The van der Waals surface area contributed by atoms with E-state index in [-0.39, 0.29) is 18.3 Å². The lowest BCUT2D eigenvalue weighted by Crippen LogP contribution is -2.26. The van der Waals surface area contributed by atoms with Crippen LogP contribution in [0.5, 0.6) is 5.75 Å². The first kappa shape index (κ1) is 15.5. The fraction of sp³-hybridized carbons (Fsp3) is 0.125. The SMILES string of the molecule is COc1ccccc1NCC(=O)NN=Cc1ccc(F)cc1. The molecule has 0 atom stereocenters. The Balaban J connectivity index is 1.82. The van der Waals surface area contributed by atoms with Crippen molar-refractivity contribution in [3.63, 3.8) is 0 Å². The van der Waals surface area contributed by atoms with E-state index in [4.69, 9.17) is 4.74 Å². The van der Waals surface area contributed by atoms with Gasteiger partial charge in [0.25, 0.3) is 5.91 Å². The monoisotopic (exact) mass is 301 g/mol. The van der Waals surface area contributed by atoms with Gasteiger partial charge in [-0.2, -0.15) is 5.10 Å². The molecular weight excluding hydrogens is 285 g/mol. The zero-order chi connectivity index (χ0) is 15.8. The number of rotatable bonds is 6. The van der Waals surface area contributed by atoms with Crippen molar-refractivity contribution in [1.29, 1.82) is 0 Å². The first-order valence-electron chi connectivity index (χ1n) is 6.63. The Morgan fingerprint density at radius 3 is 2.68 bits per heavy atom. The lowest BCUT2D eigenvalue weighted by Gasteiger charge is -2.09. The van der Waals surface area contributed by atoms with Crippen molar-refractivity contribution in [2.45, 2.75) is 0 Å². The second kappa shape index (κ2) is 7.78. The molecule has 22 heavy (non-hydrogen) atoms. The summed E-state index contributed by atoms with van der Waals surface area (Å²) in [6.07, 6.45) is 1.44. The van der Waals surface area contributed by atoms with Crippen LogP contribution in [0.2, 0.25) is 0 Å². The number of carbonyl (C=O) groups is 1. The van der Waals surface area contributed by atoms with E-state index in [1.54, 1.807) is 25.3 Å². The molecule has 0 aliphatic rings. The molecule has 0 saturated carbocycles. The second-order valence-corrected chi connectivity index (χ2v) is 4.40. The smallest absolute Gasteiger partial charge is 0.259 e. The number of hydrogen-bond donors (Lipinski definition) is 2. The minimum atomic E-state index is -0.317. The van der Waals surface area contributed by atoms with Gasteiger partial charge in [0.2, 0.25) is 0 Å². The van der Waals surface area contributed by atoms with Crippen molar-refractivity contribution in [2.75, 3.05) is 19.0 Å². The number of halogens is 1. The summed E-state index contributed by atoms with van der Waals surface area (Å²) in [5, 5.41) is 6.77. The molecule has 0 saturated heterocycles. The van der Waals surface area contributed by atoms with Gasteiger partial charge in [0.1, 0.15) is 11.6 Å². The van der Waals surface area contributed by atoms with Crippen LogP contribution < -0.4 is 15.5 Å². The topological polar surface area (TPSA) is 62.7 Å². The van der Waals surface area contributed by atoms with Crippen molar-refractivity contribution >= 4 is 17.8 Å². The van der Waals surface area contributed by atoms with Crippen LogP contribution in [0, 0.1) is 5.82 Å². The minimum absolute atomic E-state index is 0.0567.